The molecule has 0 atom stereocenters. The Labute approximate surface area is 260 Å². The van der Waals surface area contributed by atoms with E-state index < -0.39 is 41.6 Å². The van der Waals surface area contributed by atoms with Crippen molar-refractivity contribution in [1.29, 1.82) is 0 Å². The topological polar surface area (TPSA) is 115 Å². The molecule has 9 nitrogen and oxygen atoms in total. The van der Waals surface area contributed by atoms with Crippen LogP contribution >= 0.6 is 0 Å². The van der Waals surface area contributed by atoms with Gasteiger partial charge in [0, 0.05) is 71.8 Å². The maximum atomic E-state index is 14.4. The third-order valence-corrected chi connectivity index (χ3v) is 8.95. The van der Waals surface area contributed by atoms with E-state index in [0.29, 0.717) is 44.9 Å². The summed E-state index contributed by atoms with van der Waals surface area (Å²) in [7, 11) is 0. The first-order valence-electron chi connectivity index (χ1n) is 16.3. The van der Waals surface area contributed by atoms with Gasteiger partial charge < -0.3 is 30.2 Å². The highest BCUT2D eigenvalue weighted by molar-refractivity contribution is 6.18. The number of carbonyl (C=O) groups is 3. The van der Waals surface area contributed by atoms with Crippen LogP contribution in [0.5, 0.6) is 0 Å². The molecule has 0 aliphatic carbocycles. The number of rotatable bonds is 8. The normalized spacial score (nSPS) is 26.7. The summed E-state index contributed by atoms with van der Waals surface area (Å²) in [5, 5.41) is 10.8. The van der Waals surface area contributed by atoms with Crippen LogP contribution in [0.1, 0.15) is 141 Å². The van der Waals surface area contributed by atoms with Crippen LogP contribution in [0.25, 0.3) is 0 Å². The van der Waals surface area contributed by atoms with Crippen molar-refractivity contribution in [2.75, 3.05) is 0 Å². The van der Waals surface area contributed by atoms with Crippen LogP contribution < -0.4 is 16.0 Å². The summed E-state index contributed by atoms with van der Waals surface area (Å²) in [4.78, 5) is 43.1. The summed E-state index contributed by atoms with van der Waals surface area (Å²) in [6.07, 6.45) is 2.29. The lowest BCUT2D eigenvalue weighted by atomic mass is 9.78. The number of hydrogen-bond acceptors (Lipinski definition) is 9. The van der Waals surface area contributed by atoms with Gasteiger partial charge in [0.2, 0.25) is 0 Å². The standard InChI is InChI=1S/C34H61N3O6/c1-14-15-34(25(38)41-22-16-28(2,3)35-29(4,5)17-22,26(39)42-23-18-30(6,7)36-31(8,9)19-23)27(40)43-24-20-32(10,11)37-33(12,13)21-24/h22-24,35-37H,14-21H2,1-13H3. The number of hydrogen-bond donors (Lipinski definition) is 3. The second kappa shape index (κ2) is 11.9. The van der Waals surface area contributed by atoms with E-state index >= 15 is 0 Å². The minimum absolute atomic E-state index is 0.0449. The van der Waals surface area contributed by atoms with Crippen molar-refractivity contribution in [3.63, 3.8) is 0 Å². The molecule has 3 aliphatic rings. The van der Waals surface area contributed by atoms with E-state index in [-0.39, 0.29) is 39.7 Å². The van der Waals surface area contributed by atoms with Crippen molar-refractivity contribution in [3.8, 4) is 0 Å². The molecule has 3 heterocycles. The Morgan fingerprint density at radius 1 is 0.512 bits per heavy atom. The van der Waals surface area contributed by atoms with Crippen LogP contribution in [0.4, 0.5) is 0 Å². The first-order chi connectivity index (χ1) is 19.3. The number of carbonyl (C=O) groups excluding carboxylic acids is 3. The third-order valence-electron chi connectivity index (χ3n) is 8.95. The van der Waals surface area contributed by atoms with E-state index in [0.717, 1.165) is 0 Å². The van der Waals surface area contributed by atoms with Gasteiger partial charge in [-0.25, -0.2) is 0 Å². The first kappa shape index (κ1) is 35.8. The minimum atomic E-state index is -2.20. The summed E-state index contributed by atoms with van der Waals surface area (Å²) in [6, 6.07) is 0. The lowest BCUT2D eigenvalue weighted by Gasteiger charge is -2.47. The average Bonchev–Trinajstić information content (AvgIpc) is 2.70. The molecule has 0 amide bonds. The van der Waals surface area contributed by atoms with Crippen LogP contribution in [0.2, 0.25) is 0 Å². The largest absolute Gasteiger partial charge is 0.461 e. The number of ether oxygens (including phenoxy) is 3. The fraction of sp³-hybridized carbons (Fsp3) is 0.912. The molecule has 0 aromatic carbocycles. The average molecular weight is 608 g/mol. The van der Waals surface area contributed by atoms with Crippen LogP contribution in [0.3, 0.4) is 0 Å². The Bertz CT molecular complexity index is 886. The molecule has 3 rings (SSSR count). The Morgan fingerprint density at radius 2 is 0.721 bits per heavy atom. The molecule has 0 aromatic heterocycles. The van der Waals surface area contributed by atoms with Gasteiger partial charge >= 0.3 is 17.9 Å². The van der Waals surface area contributed by atoms with Crippen molar-refractivity contribution in [2.24, 2.45) is 5.41 Å². The van der Waals surface area contributed by atoms with Crippen LogP contribution in [-0.4, -0.2) is 69.5 Å². The first-order valence-corrected chi connectivity index (χ1v) is 16.3. The van der Waals surface area contributed by atoms with Gasteiger partial charge in [-0.3, -0.25) is 14.4 Å². The Hall–Kier alpha value is -1.71. The number of piperidine rings is 3. The maximum Gasteiger partial charge on any atom is 0.335 e. The zero-order valence-corrected chi connectivity index (χ0v) is 29.3. The molecule has 0 spiro atoms. The van der Waals surface area contributed by atoms with Crippen molar-refractivity contribution >= 4 is 17.9 Å². The lowest BCUT2D eigenvalue weighted by Crippen LogP contribution is -2.62. The minimum Gasteiger partial charge on any atom is -0.461 e. The Morgan fingerprint density at radius 3 is 0.907 bits per heavy atom. The molecule has 9 heteroatoms. The molecule has 3 aliphatic heterocycles. The smallest absolute Gasteiger partial charge is 0.335 e. The maximum absolute atomic E-state index is 14.4. The van der Waals surface area contributed by atoms with E-state index in [9.17, 15) is 14.4 Å². The summed E-state index contributed by atoms with van der Waals surface area (Å²) < 4.78 is 18.5. The lowest BCUT2D eigenvalue weighted by molar-refractivity contribution is -0.195. The van der Waals surface area contributed by atoms with Crippen molar-refractivity contribution in [3.05, 3.63) is 0 Å². The van der Waals surface area contributed by atoms with E-state index in [1.54, 1.807) is 0 Å². The van der Waals surface area contributed by atoms with Crippen LogP contribution in [-0.2, 0) is 28.6 Å². The van der Waals surface area contributed by atoms with E-state index in [2.05, 4.69) is 99.0 Å². The molecule has 43 heavy (non-hydrogen) atoms. The molecule has 0 unspecified atom stereocenters. The summed E-state index contributed by atoms with van der Waals surface area (Å²) in [5.41, 5.74) is -3.95. The van der Waals surface area contributed by atoms with Gasteiger partial charge in [-0.15, -0.1) is 0 Å². The molecular weight excluding hydrogens is 546 g/mol. The van der Waals surface area contributed by atoms with Gasteiger partial charge in [0.1, 0.15) is 18.3 Å². The second-order valence-electron chi connectivity index (χ2n) is 17.6. The molecule has 0 radical (unpaired) electrons. The van der Waals surface area contributed by atoms with E-state index in [1.165, 1.54) is 0 Å². The molecule has 3 N–H and O–H groups in total. The molecule has 3 saturated heterocycles. The van der Waals surface area contributed by atoms with E-state index in [4.69, 9.17) is 14.2 Å². The molecular formula is C34H61N3O6. The van der Waals surface area contributed by atoms with Gasteiger partial charge in [0.05, 0.1) is 0 Å². The fourth-order valence-electron chi connectivity index (χ4n) is 8.62. The van der Waals surface area contributed by atoms with Gasteiger partial charge in [0.25, 0.3) is 5.41 Å². The highest BCUT2D eigenvalue weighted by atomic mass is 16.6. The predicted octanol–water partition coefficient (Wildman–Crippen LogP) is 5.33. The molecule has 0 bridgehead atoms. The molecule has 0 aromatic rings. The SMILES string of the molecule is CCCC(C(=O)OC1CC(C)(C)NC(C)(C)C1)(C(=O)OC1CC(C)(C)NC(C)(C)C1)C(=O)OC1CC(C)(C)NC(C)(C)C1. The zero-order chi connectivity index (χ0) is 32.9. The number of esters is 3. The Balaban J connectivity index is 1.98. The molecule has 0 saturated carbocycles. The number of nitrogens with one attached hydrogen (secondary N) is 3. The van der Waals surface area contributed by atoms with Gasteiger partial charge in [-0.2, -0.15) is 0 Å². The van der Waals surface area contributed by atoms with Crippen molar-refractivity contribution < 1.29 is 28.6 Å². The monoisotopic (exact) mass is 607 g/mol. The van der Waals surface area contributed by atoms with E-state index in [1.807, 2.05) is 6.92 Å². The van der Waals surface area contributed by atoms with Crippen LogP contribution in [0, 0.1) is 5.41 Å². The summed E-state index contributed by atoms with van der Waals surface area (Å²) in [6.45, 7) is 26.7. The van der Waals surface area contributed by atoms with Crippen molar-refractivity contribution in [2.45, 2.75) is 193 Å². The van der Waals surface area contributed by atoms with Gasteiger partial charge in [-0.1, -0.05) is 13.3 Å². The fourth-order valence-corrected chi connectivity index (χ4v) is 8.62. The van der Waals surface area contributed by atoms with Crippen LogP contribution in [0.15, 0.2) is 0 Å². The third kappa shape index (κ3) is 9.16. The zero-order valence-electron chi connectivity index (χ0n) is 29.3. The quantitative estimate of drug-likeness (QED) is 0.191. The van der Waals surface area contributed by atoms with Gasteiger partial charge in [-0.05, 0) is 89.5 Å². The molecule has 3 fully saturated rings. The second-order valence-corrected chi connectivity index (χ2v) is 17.6. The van der Waals surface area contributed by atoms with Crippen molar-refractivity contribution in [1.82, 2.24) is 16.0 Å². The summed E-state index contributed by atoms with van der Waals surface area (Å²) >= 11 is 0. The highest BCUT2D eigenvalue weighted by Gasteiger charge is 2.59. The highest BCUT2D eigenvalue weighted by Crippen LogP contribution is 2.39. The summed E-state index contributed by atoms with van der Waals surface area (Å²) in [5.74, 6) is -2.58. The predicted molar refractivity (Wildman–Crippen MR) is 169 cm³/mol. The Kier molecular flexibility index (Phi) is 9.90. The molecule has 248 valence electrons. The van der Waals surface area contributed by atoms with Gasteiger partial charge in [0.15, 0.2) is 0 Å².